The highest BCUT2D eigenvalue weighted by atomic mass is 14.8. The number of benzene rings is 5. The normalized spacial score (nSPS) is 11.7. The van der Waals surface area contributed by atoms with Crippen molar-refractivity contribution in [1.29, 1.82) is 0 Å². The van der Waals surface area contributed by atoms with E-state index >= 15 is 0 Å². The number of aliphatic imine (C=N–C) groups is 1. The lowest BCUT2D eigenvalue weighted by molar-refractivity contribution is 0.934. The molecule has 0 aliphatic carbocycles. The van der Waals surface area contributed by atoms with Crippen LogP contribution in [0.1, 0.15) is 63.4 Å². The molecule has 5 aromatic carbocycles. The SMILES string of the molecule is CC(=Nc1c(C)cc(C(c2ccccc2)c2ccccc2)cc1C(c1ccccc1)c1ccccc1)c1ccccn1. The molecule has 42 heavy (non-hydrogen) atoms. The van der Waals surface area contributed by atoms with Crippen LogP contribution in [0.5, 0.6) is 0 Å². The molecule has 2 nitrogen and oxygen atoms in total. The minimum absolute atomic E-state index is 0.00790. The zero-order valence-electron chi connectivity index (χ0n) is 24.1. The molecule has 6 aromatic rings. The van der Waals surface area contributed by atoms with Gasteiger partial charge in [0.05, 0.1) is 17.1 Å². The van der Waals surface area contributed by atoms with Gasteiger partial charge >= 0.3 is 0 Å². The summed E-state index contributed by atoms with van der Waals surface area (Å²) in [5.74, 6) is 0.0977. The monoisotopic (exact) mass is 542 g/mol. The fraction of sp³-hybridized carbons (Fsp3) is 0.100. The average molecular weight is 543 g/mol. The molecule has 0 saturated carbocycles. The van der Waals surface area contributed by atoms with Crippen LogP contribution in [0.4, 0.5) is 5.69 Å². The summed E-state index contributed by atoms with van der Waals surface area (Å²) in [5, 5.41) is 0. The Kier molecular flexibility index (Phi) is 8.14. The molecule has 1 aromatic heterocycles. The first kappa shape index (κ1) is 27.1. The molecular formula is C40H34N2. The van der Waals surface area contributed by atoms with E-state index in [-0.39, 0.29) is 11.8 Å². The predicted molar refractivity (Wildman–Crippen MR) is 175 cm³/mol. The second-order valence-corrected chi connectivity index (χ2v) is 10.7. The largest absolute Gasteiger partial charge is 0.255 e. The molecule has 0 saturated heterocycles. The third-order valence-corrected chi connectivity index (χ3v) is 7.84. The molecule has 2 heteroatoms. The molecule has 0 aliphatic rings. The Morgan fingerprint density at radius 1 is 0.524 bits per heavy atom. The molecule has 204 valence electrons. The number of aryl methyl sites for hydroxylation is 1. The number of hydrogen-bond donors (Lipinski definition) is 0. The van der Waals surface area contributed by atoms with Crippen molar-refractivity contribution in [3.05, 3.63) is 202 Å². The number of rotatable bonds is 8. The van der Waals surface area contributed by atoms with Crippen molar-refractivity contribution >= 4 is 11.4 Å². The van der Waals surface area contributed by atoms with Crippen molar-refractivity contribution in [3.8, 4) is 0 Å². The van der Waals surface area contributed by atoms with Crippen LogP contribution in [0, 0.1) is 6.92 Å². The van der Waals surface area contributed by atoms with Crippen molar-refractivity contribution in [2.75, 3.05) is 0 Å². The fourth-order valence-corrected chi connectivity index (χ4v) is 5.89. The van der Waals surface area contributed by atoms with Crippen LogP contribution in [0.15, 0.2) is 163 Å². The van der Waals surface area contributed by atoms with E-state index in [1.165, 1.54) is 33.4 Å². The summed E-state index contributed by atoms with van der Waals surface area (Å²) >= 11 is 0. The number of nitrogens with zero attached hydrogens (tertiary/aromatic N) is 2. The van der Waals surface area contributed by atoms with Gasteiger partial charge in [-0.05, 0) is 64.9 Å². The highest BCUT2D eigenvalue weighted by Crippen LogP contribution is 2.43. The maximum Gasteiger partial charge on any atom is 0.0841 e. The molecule has 0 N–H and O–H groups in total. The van der Waals surface area contributed by atoms with E-state index in [1.807, 2.05) is 24.4 Å². The standard InChI is InChI=1S/C40H34N2/c1-29-27-35(38(31-17-7-3-8-18-31)32-19-9-4-10-20-32)28-36(40(29)42-30(2)37-25-15-16-26-41-37)39(33-21-11-5-12-22-33)34-23-13-6-14-24-34/h3-28,38-39H,1-2H3. The van der Waals surface area contributed by atoms with Crippen LogP contribution in [0.3, 0.4) is 0 Å². The van der Waals surface area contributed by atoms with Crippen LogP contribution in [0.2, 0.25) is 0 Å². The Morgan fingerprint density at radius 2 is 0.976 bits per heavy atom. The van der Waals surface area contributed by atoms with Crippen molar-refractivity contribution < 1.29 is 0 Å². The lowest BCUT2D eigenvalue weighted by Gasteiger charge is -2.26. The van der Waals surface area contributed by atoms with Gasteiger partial charge < -0.3 is 0 Å². The molecule has 0 amide bonds. The molecule has 0 unspecified atom stereocenters. The lowest BCUT2D eigenvalue weighted by atomic mass is 9.79. The first-order valence-corrected chi connectivity index (χ1v) is 14.5. The third-order valence-electron chi connectivity index (χ3n) is 7.84. The lowest BCUT2D eigenvalue weighted by Crippen LogP contribution is -2.09. The Hall–Kier alpha value is -5.08. The minimum atomic E-state index is 0.00790. The highest BCUT2D eigenvalue weighted by Gasteiger charge is 2.25. The van der Waals surface area contributed by atoms with Crippen molar-refractivity contribution in [2.24, 2.45) is 4.99 Å². The van der Waals surface area contributed by atoms with Crippen LogP contribution in [-0.2, 0) is 0 Å². The maximum absolute atomic E-state index is 5.30. The van der Waals surface area contributed by atoms with Gasteiger partial charge in [-0.2, -0.15) is 0 Å². The first-order valence-electron chi connectivity index (χ1n) is 14.5. The molecule has 0 atom stereocenters. The van der Waals surface area contributed by atoms with Gasteiger partial charge in [-0.15, -0.1) is 0 Å². The van der Waals surface area contributed by atoms with Gasteiger partial charge in [0.2, 0.25) is 0 Å². The zero-order chi connectivity index (χ0) is 28.7. The average Bonchev–Trinajstić information content (AvgIpc) is 3.05. The molecule has 0 radical (unpaired) electrons. The van der Waals surface area contributed by atoms with Gasteiger partial charge in [0, 0.05) is 18.0 Å². The van der Waals surface area contributed by atoms with E-state index < -0.39 is 0 Å². The molecule has 0 bridgehead atoms. The van der Waals surface area contributed by atoms with E-state index in [0.717, 1.165) is 22.7 Å². The first-order chi connectivity index (χ1) is 20.7. The predicted octanol–water partition coefficient (Wildman–Crippen LogP) is 9.89. The van der Waals surface area contributed by atoms with Gasteiger partial charge in [0.25, 0.3) is 0 Å². The zero-order valence-corrected chi connectivity index (χ0v) is 24.1. The quantitative estimate of drug-likeness (QED) is 0.139. The second-order valence-electron chi connectivity index (χ2n) is 10.7. The van der Waals surface area contributed by atoms with Crippen LogP contribution >= 0.6 is 0 Å². The van der Waals surface area contributed by atoms with Gasteiger partial charge in [0.15, 0.2) is 0 Å². The number of hydrogen-bond acceptors (Lipinski definition) is 2. The van der Waals surface area contributed by atoms with Gasteiger partial charge in [-0.1, -0.05) is 140 Å². The summed E-state index contributed by atoms with van der Waals surface area (Å²) in [5.41, 5.74) is 11.4. The van der Waals surface area contributed by atoms with Crippen LogP contribution in [0.25, 0.3) is 0 Å². The summed E-state index contributed by atoms with van der Waals surface area (Å²) in [6, 6.07) is 53.9. The summed E-state index contributed by atoms with van der Waals surface area (Å²) in [7, 11) is 0. The van der Waals surface area contributed by atoms with Crippen molar-refractivity contribution in [1.82, 2.24) is 4.98 Å². The highest BCUT2D eigenvalue weighted by molar-refractivity contribution is 5.99. The summed E-state index contributed by atoms with van der Waals surface area (Å²) in [6.07, 6.45) is 1.83. The van der Waals surface area contributed by atoms with E-state index in [4.69, 9.17) is 4.99 Å². The second kappa shape index (κ2) is 12.6. The number of aromatic nitrogens is 1. The van der Waals surface area contributed by atoms with Gasteiger partial charge in [0.1, 0.15) is 0 Å². The Balaban J connectivity index is 1.63. The summed E-state index contributed by atoms with van der Waals surface area (Å²) < 4.78 is 0. The summed E-state index contributed by atoms with van der Waals surface area (Å²) in [6.45, 7) is 4.24. The van der Waals surface area contributed by atoms with E-state index in [0.29, 0.717) is 0 Å². The van der Waals surface area contributed by atoms with Crippen molar-refractivity contribution in [3.63, 3.8) is 0 Å². The van der Waals surface area contributed by atoms with Gasteiger partial charge in [-0.3, -0.25) is 9.98 Å². The molecule has 1 heterocycles. The third kappa shape index (κ3) is 5.84. The van der Waals surface area contributed by atoms with E-state index in [9.17, 15) is 0 Å². The fourth-order valence-electron chi connectivity index (χ4n) is 5.89. The van der Waals surface area contributed by atoms with Crippen LogP contribution in [-0.4, -0.2) is 10.7 Å². The van der Waals surface area contributed by atoms with Crippen molar-refractivity contribution in [2.45, 2.75) is 25.7 Å². The summed E-state index contributed by atoms with van der Waals surface area (Å²) in [4.78, 5) is 9.89. The smallest absolute Gasteiger partial charge is 0.0841 e. The molecule has 0 fully saturated rings. The molecule has 0 spiro atoms. The van der Waals surface area contributed by atoms with E-state index in [1.54, 1.807) is 0 Å². The Labute approximate surface area is 249 Å². The Bertz CT molecular complexity index is 1680. The molecular weight excluding hydrogens is 508 g/mol. The van der Waals surface area contributed by atoms with Gasteiger partial charge in [-0.25, -0.2) is 0 Å². The molecule has 0 aliphatic heterocycles. The van der Waals surface area contributed by atoms with E-state index in [2.05, 4.69) is 152 Å². The minimum Gasteiger partial charge on any atom is -0.255 e. The maximum atomic E-state index is 5.30. The van der Waals surface area contributed by atoms with Crippen LogP contribution < -0.4 is 0 Å². The molecule has 6 rings (SSSR count). The Morgan fingerprint density at radius 3 is 1.43 bits per heavy atom. The number of pyridine rings is 1. The topological polar surface area (TPSA) is 25.2 Å².